The van der Waals surface area contributed by atoms with Gasteiger partial charge in [-0.25, -0.2) is 0 Å². The molecule has 0 aliphatic carbocycles. The van der Waals surface area contributed by atoms with Crippen molar-refractivity contribution < 1.29 is 17.9 Å². The Hall–Kier alpha value is -2.74. The van der Waals surface area contributed by atoms with E-state index in [1.54, 1.807) is 18.0 Å². The summed E-state index contributed by atoms with van der Waals surface area (Å²) in [5.74, 6) is 1.75. The van der Waals surface area contributed by atoms with Crippen LogP contribution in [-0.4, -0.2) is 27.1 Å². The Morgan fingerprint density at radius 3 is 2.72 bits per heavy atom. The fourth-order valence-electron chi connectivity index (χ4n) is 3.62. The SMILES string of the molecule is CCn1ncc2c(OCCCCCSc3ccnc4cc(C(F)(F)F)ccc34)cccc21. The lowest BCUT2D eigenvalue weighted by Crippen LogP contribution is -2.04. The first kappa shape index (κ1) is 22.5. The number of ether oxygens (including phenoxy) is 1. The Morgan fingerprint density at radius 2 is 1.91 bits per heavy atom. The number of hydrogen-bond acceptors (Lipinski definition) is 4. The molecule has 0 amide bonds. The first-order valence-corrected chi connectivity index (χ1v) is 11.6. The van der Waals surface area contributed by atoms with E-state index in [9.17, 15) is 13.2 Å². The van der Waals surface area contributed by atoms with E-state index in [-0.39, 0.29) is 0 Å². The van der Waals surface area contributed by atoms with E-state index in [2.05, 4.69) is 17.0 Å². The van der Waals surface area contributed by atoms with Gasteiger partial charge in [-0.3, -0.25) is 9.67 Å². The average Bonchev–Trinajstić information content (AvgIpc) is 3.21. The monoisotopic (exact) mass is 459 g/mol. The molecule has 0 N–H and O–H groups in total. The van der Waals surface area contributed by atoms with Crippen molar-refractivity contribution in [2.24, 2.45) is 0 Å². The summed E-state index contributed by atoms with van der Waals surface area (Å²) in [6, 6.07) is 11.6. The maximum absolute atomic E-state index is 12.9. The third-order valence-corrected chi connectivity index (χ3v) is 6.44. The van der Waals surface area contributed by atoms with Gasteiger partial charge in [-0.2, -0.15) is 18.3 Å². The first-order valence-electron chi connectivity index (χ1n) is 10.6. The van der Waals surface area contributed by atoms with Crippen LogP contribution in [-0.2, 0) is 12.7 Å². The van der Waals surface area contributed by atoms with Crippen molar-refractivity contribution in [2.45, 2.75) is 43.8 Å². The van der Waals surface area contributed by atoms with Crippen molar-refractivity contribution in [3.05, 3.63) is 60.4 Å². The largest absolute Gasteiger partial charge is 0.493 e. The molecule has 0 saturated heterocycles. The van der Waals surface area contributed by atoms with Gasteiger partial charge in [0, 0.05) is 23.0 Å². The standard InChI is InChI=1S/C24H24F3N3OS/c1-2-30-21-7-6-8-22(19(21)16-29-30)31-13-4-3-5-14-32-23-11-12-28-20-15-17(24(25,26)27)9-10-18(20)23/h6-12,15-16H,2-5,13-14H2,1H3. The zero-order chi connectivity index (χ0) is 22.6. The predicted octanol–water partition coefficient (Wildman–Crippen LogP) is 6.96. The Balaban J connectivity index is 1.25. The van der Waals surface area contributed by atoms with E-state index in [1.165, 1.54) is 6.07 Å². The van der Waals surface area contributed by atoms with Crippen LogP contribution >= 0.6 is 11.8 Å². The van der Waals surface area contributed by atoms with Crippen molar-refractivity contribution in [2.75, 3.05) is 12.4 Å². The number of hydrogen-bond donors (Lipinski definition) is 0. The highest BCUT2D eigenvalue weighted by atomic mass is 32.2. The molecule has 0 aliphatic heterocycles. The number of halogens is 3. The summed E-state index contributed by atoms with van der Waals surface area (Å²) in [6.07, 6.45) is 2.00. The van der Waals surface area contributed by atoms with E-state index < -0.39 is 11.7 Å². The van der Waals surface area contributed by atoms with Gasteiger partial charge in [0.1, 0.15) is 5.75 Å². The number of thioether (sulfide) groups is 1. The number of benzene rings is 2. The molecule has 32 heavy (non-hydrogen) atoms. The second kappa shape index (κ2) is 9.81. The number of aryl methyl sites for hydroxylation is 1. The van der Waals surface area contributed by atoms with Gasteiger partial charge in [0.15, 0.2) is 0 Å². The summed E-state index contributed by atoms with van der Waals surface area (Å²) in [5.41, 5.74) is 0.782. The highest BCUT2D eigenvalue weighted by Crippen LogP contribution is 2.34. The molecule has 4 aromatic rings. The minimum absolute atomic E-state index is 0.374. The summed E-state index contributed by atoms with van der Waals surface area (Å²) in [6.45, 7) is 3.52. The van der Waals surface area contributed by atoms with Gasteiger partial charge >= 0.3 is 6.18 Å². The van der Waals surface area contributed by atoms with Crippen LogP contribution in [0.1, 0.15) is 31.7 Å². The highest BCUT2D eigenvalue weighted by molar-refractivity contribution is 7.99. The minimum Gasteiger partial charge on any atom is -0.493 e. The molecular formula is C24H24F3N3OS. The number of pyridine rings is 1. The molecule has 4 nitrogen and oxygen atoms in total. The Bertz CT molecular complexity index is 1210. The summed E-state index contributed by atoms with van der Waals surface area (Å²) < 4.78 is 46.7. The average molecular weight is 460 g/mol. The maximum atomic E-state index is 12.9. The van der Waals surface area contributed by atoms with Crippen molar-refractivity contribution >= 4 is 33.6 Å². The van der Waals surface area contributed by atoms with Crippen LogP contribution < -0.4 is 4.74 Å². The minimum atomic E-state index is -4.36. The van der Waals surface area contributed by atoms with Gasteiger partial charge in [-0.1, -0.05) is 12.1 Å². The highest BCUT2D eigenvalue weighted by Gasteiger charge is 2.30. The van der Waals surface area contributed by atoms with Gasteiger partial charge in [0.2, 0.25) is 0 Å². The quantitative estimate of drug-likeness (QED) is 0.200. The molecule has 0 unspecified atom stereocenters. The molecule has 168 valence electrons. The van der Waals surface area contributed by atoms with Crippen molar-refractivity contribution in [3.8, 4) is 5.75 Å². The molecule has 2 aromatic heterocycles. The van der Waals surface area contributed by atoms with Gasteiger partial charge < -0.3 is 4.74 Å². The number of unbranched alkanes of at least 4 members (excludes halogenated alkanes) is 2. The molecule has 0 atom stereocenters. The third-order valence-electron chi connectivity index (χ3n) is 5.28. The van der Waals surface area contributed by atoms with Crippen LogP contribution in [0.2, 0.25) is 0 Å². The van der Waals surface area contributed by atoms with E-state index in [1.807, 2.05) is 35.1 Å². The molecule has 4 rings (SSSR count). The van der Waals surface area contributed by atoms with E-state index >= 15 is 0 Å². The summed E-state index contributed by atoms with van der Waals surface area (Å²) in [4.78, 5) is 5.06. The van der Waals surface area contributed by atoms with Crippen molar-refractivity contribution in [1.82, 2.24) is 14.8 Å². The molecule has 8 heteroatoms. The Morgan fingerprint density at radius 1 is 1.03 bits per heavy atom. The van der Waals surface area contributed by atoms with Crippen molar-refractivity contribution in [3.63, 3.8) is 0 Å². The van der Waals surface area contributed by atoms with Crippen LogP contribution in [0.15, 0.2) is 59.8 Å². The fourth-order valence-corrected chi connectivity index (χ4v) is 4.68. The fraction of sp³-hybridized carbons (Fsp3) is 0.333. The molecule has 0 saturated carbocycles. The smallest absolute Gasteiger partial charge is 0.416 e. The second-order valence-corrected chi connectivity index (χ2v) is 8.58. The third kappa shape index (κ3) is 5.01. The zero-order valence-corrected chi connectivity index (χ0v) is 18.5. The summed E-state index contributed by atoms with van der Waals surface area (Å²) in [5, 5.41) is 6.17. The Kier molecular flexibility index (Phi) is 6.89. The lowest BCUT2D eigenvalue weighted by molar-refractivity contribution is -0.137. The van der Waals surface area contributed by atoms with Gasteiger partial charge in [-0.05, 0) is 62.3 Å². The van der Waals surface area contributed by atoms with E-state index in [4.69, 9.17) is 4.74 Å². The van der Waals surface area contributed by atoms with Crippen LogP contribution in [0.25, 0.3) is 21.8 Å². The number of nitrogens with zero attached hydrogens (tertiary/aromatic N) is 3. The van der Waals surface area contributed by atoms with Gasteiger partial charge in [0.05, 0.1) is 34.8 Å². The van der Waals surface area contributed by atoms with E-state index in [0.29, 0.717) is 12.1 Å². The topological polar surface area (TPSA) is 39.9 Å². The molecule has 0 bridgehead atoms. The van der Waals surface area contributed by atoms with Crippen LogP contribution in [0.3, 0.4) is 0 Å². The lowest BCUT2D eigenvalue weighted by atomic mass is 10.1. The number of aromatic nitrogens is 3. The normalized spacial score (nSPS) is 12.0. The predicted molar refractivity (Wildman–Crippen MR) is 122 cm³/mol. The second-order valence-electron chi connectivity index (χ2n) is 7.45. The van der Waals surface area contributed by atoms with E-state index in [0.717, 1.165) is 70.6 Å². The van der Waals surface area contributed by atoms with Gasteiger partial charge in [0.25, 0.3) is 0 Å². The molecule has 0 aliphatic rings. The number of rotatable bonds is 9. The molecule has 2 aromatic carbocycles. The van der Waals surface area contributed by atoms with Crippen LogP contribution in [0.5, 0.6) is 5.75 Å². The first-order chi connectivity index (χ1) is 15.5. The Labute approximate surface area is 188 Å². The van der Waals surface area contributed by atoms with Crippen molar-refractivity contribution in [1.29, 1.82) is 0 Å². The van der Waals surface area contributed by atoms with Crippen LogP contribution in [0.4, 0.5) is 13.2 Å². The molecule has 0 fully saturated rings. The lowest BCUT2D eigenvalue weighted by Gasteiger charge is -2.10. The molecule has 2 heterocycles. The summed E-state index contributed by atoms with van der Waals surface area (Å²) in [7, 11) is 0. The number of alkyl halides is 3. The zero-order valence-electron chi connectivity index (χ0n) is 17.7. The molecule has 0 spiro atoms. The molecular weight excluding hydrogens is 435 g/mol. The molecule has 0 radical (unpaired) electrons. The maximum Gasteiger partial charge on any atom is 0.416 e. The van der Waals surface area contributed by atoms with Gasteiger partial charge in [-0.15, -0.1) is 11.8 Å². The summed E-state index contributed by atoms with van der Waals surface area (Å²) >= 11 is 1.65. The number of fused-ring (bicyclic) bond motifs is 2. The van der Waals surface area contributed by atoms with Crippen LogP contribution in [0, 0.1) is 0 Å².